The first kappa shape index (κ1) is 16.6. The molecule has 110 valence electrons. The van der Waals surface area contributed by atoms with E-state index >= 15 is 0 Å². The second kappa shape index (κ2) is 6.83. The van der Waals surface area contributed by atoms with Crippen molar-refractivity contribution in [1.82, 2.24) is 0 Å². The zero-order valence-electron chi connectivity index (χ0n) is 13.4. The van der Waals surface area contributed by atoms with Crippen molar-refractivity contribution in [1.29, 1.82) is 0 Å². The van der Waals surface area contributed by atoms with Gasteiger partial charge in [-0.3, -0.25) is 4.79 Å². The van der Waals surface area contributed by atoms with Crippen LogP contribution in [-0.4, -0.2) is 11.6 Å². The fourth-order valence-corrected chi connectivity index (χ4v) is 2.54. The van der Waals surface area contributed by atoms with Crippen LogP contribution in [0.4, 0.5) is 0 Å². The van der Waals surface area contributed by atoms with Gasteiger partial charge in [0.25, 0.3) is 0 Å². The third-order valence-corrected chi connectivity index (χ3v) is 4.00. The summed E-state index contributed by atoms with van der Waals surface area (Å²) in [4.78, 5) is 22.7. The molecule has 1 aliphatic rings. The lowest BCUT2D eigenvalue weighted by molar-refractivity contribution is -0.117. The van der Waals surface area contributed by atoms with Gasteiger partial charge < -0.3 is 4.79 Å². The first-order valence-electron chi connectivity index (χ1n) is 7.33. The normalized spacial score (nSPS) is 19.9. The van der Waals surface area contributed by atoms with Crippen LogP contribution in [0, 0.1) is 5.41 Å². The summed E-state index contributed by atoms with van der Waals surface area (Å²) in [7, 11) is 0. The predicted octanol–water partition coefficient (Wildman–Crippen LogP) is 4.56. The maximum atomic E-state index is 11.8. The maximum absolute atomic E-state index is 11.8. The molecule has 0 unspecified atom stereocenters. The number of hydrogen-bond acceptors (Lipinski definition) is 2. The minimum atomic E-state index is 0.0636. The van der Waals surface area contributed by atoms with E-state index in [1.807, 2.05) is 13.8 Å². The number of hydrogen-bond donors (Lipinski definition) is 0. The van der Waals surface area contributed by atoms with E-state index in [4.69, 9.17) is 0 Å². The first-order chi connectivity index (χ1) is 9.24. The molecule has 0 fully saturated rings. The molecule has 0 amide bonds. The van der Waals surface area contributed by atoms with Crippen molar-refractivity contribution < 1.29 is 9.59 Å². The topological polar surface area (TPSA) is 34.1 Å². The minimum Gasteiger partial charge on any atom is -0.300 e. The molecule has 0 atom stereocenters. The minimum absolute atomic E-state index is 0.0636. The monoisotopic (exact) mass is 274 g/mol. The standard InChI is InChI=1S/C18H26O2/c1-13(7-6-8-14(2)19)9-10-16-15(3)17(20)11-12-18(16,4)5/h7,9-10H,6,8,11-12H2,1-5H3. The molecular formula is C18H26O2. The van der Waals surface area contributed by atoms with Crippen molar-refractivity contribution >= 4 is 11.6 Å². The van der Waals surface area contributed by atoms with Crippen molar-refractivity contribution in [2.24, 2.45) is 5.41 Å². The Balaban J connectivity index is 2.84. The molecule has 0 heterocycles. The predicted molar refractivity (Wildman–Crippen MR) is 83.5 cm³/mol. The van der Waals surface area contributed by atoms with E-state index in [1.165, 1.54) is 0 Å². The fourth-order valence-electron chi connectivity index (χ4n) is 2.54. The van der Waals surface area contributed by atoms with Crippen LogP contribution >= 0.6 is 0 Å². The van der Waals surface area contributed by atoms with Gasteiger partial charge in [0.1, 0.15) is 5.78 Å². The Morgan fingerprint density at radius 1 is 1.30 bits per heavy atom. The van der Waals surface area contributed by atoms with E-state index in [9.17, 15) is 9.59 Å². The summed E-state index contributed by atoms with van der Waals surface area (Å²) in [5.41, 5.74) is 3.25. The molecule has 2 nitrogen and oxygen atoms in total. The molecule has 0 aromatic carbocycles. The first-order valence-corrected chi connectivity index (χ1v) is 7.33. The third-order valence-electron chi connectivity index (χ3n) is 4.00. The van der Waals surface area contributed by atoms with Gasteiger partial charge in [-0.2, -0.15) is 0 Å². The summed E-state index contributed by atoms with van der Waals surface area (Å²) in [5, 5.41) is 0. The van der Waals surface area contributed by atoms with Crippen molar-refractivity contribution in [2.75, 3.05) is 0 Å². The lowest BCUT2D eigenvalue weighted by atomic mass is 9.72. The fraction of sp³-hybridized carbons (Fsp3) is 0.556. The lowest BCUT2D eigenvalue weighted by Crippen LogP contribution is -2.24. The molecule has 0 aromatic rings. The molecule has 1 rings (SSSR count). The van der Waals surface area contributed by atoms with Crippen LogP contribution in [-0.2, 0) is 9.59 Å². The number of rotatable bonds is 5. The highest BCUT2D eigenvalue weighted by atomic mass is 16.1. The van der Waals surface area contributed by atoms with E-state index in [0.717, 1.165) is 29.6 Å². The summed E-state index contributed by atoms with van der Waals surface area (Å²) < 4.78 is 0. The lowest BCUT2D eigenvalue weighted by Gasteiger charge is -2.32. The quantitative estimate of drug-likeness (QED) is 0.688. The summed E-state index contributed by atoms with van der Waals surface area (Å²) >= 11 is 0. The van der Waals surface area contributed by atoms with Crippen LogP contribution in [0.2, 0.25) is 0 Å². The van der Waals surface area contributed by atoms with E-state index in [2.05, 4.69) is 32.1 Å². The van der Waals surface area contributed by atoms with E-state index in [-0.39, 0.29) is 17.0 Å². The Kier molecular flexibility index (Phi) is 5.67. The Bertz CT molecular complexity index is 488. The maximum Gasteiger partial charge on any atom is 0.158 e. The summed E-state index contributed by atoms with van der Waals surface area (Å²) in [6.07, 6.45) is 9.15. The molecule has 0 spiro atoms. The Morgan fingerprint density at radius 3 is 2.55 bits per heavy atom. The van der Waals surface area contributed by atoms with Crippen molar-refractivity contribution in [2.45, 2.75) is 60.3 Å². The molecular weight excluding hydrogens is 248 g/mol. The zero-order chi connectivity index (χ0) is 15.3. The van der Waals surface area contributed by atoms with Gasteiger partial charge in [0, 0.05) is 12.8 Å². The van der Waals surface area contributed by atoms with Crippen LogP contribution in [0.15, 0.2) is 34.9 Å². The molecule has 2 heteroatoms. The Morgan fingerprint density at radius 2 is 1.95 bits per heavy atom. The molecule has 0 radical (unpaired) electrons. The second-order valence-electron chi connectivity index (χ2n) is 6.37. The van der Waals surface area contributed by atoms with Gasteiger partial charge >= 0.3 is 0 Å². The van der Waals surface area contributed by atoms with Gasteiger partial charge in [-0.05, 0) is 50.2 Å². The van der Waals surface area contributed by atoms with Gasteiger partial charge in [0.2, 0.25) is 0 Å². The van der Waals surface area contributed by atoms with Crippen LogP contribution in [0.25, 0.3) is 0 Å². The Hall–Kier alpha value is -1.44. The highest BCUT2D eigenvalue weighted by molar-refractivity contribution is 5.97. The van der Waals surface area contributed by atoms with Crippen LogP contribution in [0.5, 0.6) is 0 Å². The molecule has 20 heavy (non-hydrogen) atoms. The highest BCUT2D eigenvalue weighted by Gasteiger charge is 2.30. The van der Waals surface area contributed by atoms with Gasteiger partial charge in [-0.1, -0.05) is 37.6 Å². The Labute approximate surface area is 122 Å². The van der Waals surface area contributed by atoms with E-state index in [0.29, 0.717) is 12.8 Å². The molecule has 0 N–H and O–H groups in total. The van der Waals surface area contributed by atoms with Crippen molar-refractivity contribution in [3.8, 4) is 0 Å². The number of ketones is 2. The van der Waals surface area contributed by atoms with Gasteiger partial charge in [0.15, 0.2) is 5.78 Å². The second-order valence-corrected chi connectivity index (χ2v) is 6.37. The molecule has 0 aromatic heterocycles. The van der Waals surface area contributed by atoms with E-state index in [1.54, 1.807) is 6.92 Å². The molecule has 0 aliphatic heterocycles. The largest absolute Gasteiger partial charge is 0.300 e. The van der Waals surface area contributed by atoms with Crippen LogP contribution < -0.4 is 0 Å². The van der Waals surface area contributed by atoms with Crippen LogP contribution in [0.1, 0.15) is 60.3 Å². The van der Waals surface area contributed by atoms with Gasteiger partial charge in [-0.15, -0.1) is 0 Å². The molecule has 0 saturated carbocycles. The number of carbonyl (C=O) groups is 2. The molecule has 1 aliphatic carbocycles. The van der Waals surface area contributed by atoms with Crippen molar-refractivity contribution in [3.05, 3.63) is 34.9 Å². The zero-order valence-corrected chi connectivity index (χ0v) is 13.4. The molecule has 0 bridgehead atoms. The number of carbonyl (C=O) groups excluding carboxylic acids is 2. The average Bonchev–Trinajstić information content (AvgIpc) is 2.33. The molecule has 0 saturated heterocycles. The van der Waals surface area contributed by atoms with Crippen LogP contribution in [0.3, 0.4) is 0 Å². The SMILES string of the molecule is CC(=O)CCC=C(C)C=CC1=C(C)C(=O)CCC1(C)C. The van der Waals surface area contributed by atoms with Gasteiger partial charge in [0.05, 0.1) is 0 Å². The number of Topliss-reactive ketones (excluding diaryl/α,β-unsaturated/α-hetero) is 2. The third kappa shape index (κ3) is 4.59. The highest BCUT2D eigenvalue weighted by Crippen LogP contribution is 2.39. The average molecular weight is 274 g/mol. The van der Waals surface area contributed by atoms with Crippen molar-refractivity contribution in [3.63, 3.8) is 0 Å². The van der Waals surface area contributed by atoms with Gasteiger partial charge in [-0.25, -0.2) is 0 Å². The summed E-state index contributed by atoms with van der Waals surface area (Å²) in [5.74, 6) is 0.484. The summed E-state index contributed by atoms with van der Waals surface area (Å²) in [6, 6.07) is 0. The summed E-state index contributed by atoms with van der Waals surface area (Å²) in [6.45, 7) is 9.96. The smallest absolute Gasteiger partial charge is 0.158 e. The van der Waals surface area contributed by atoms with E-state index < -0.39 is 0 Å². The number of allylic oxidation sites excluding steroid dienone is 6.